The molecule has 0 fully saturated rings. The molecule has 4 nitrogen and oxygen atoms in total. The lowest BCUT2D eigenvalue weighted by Gasteiger charge is -2.12. The molecule has 0 unspecified atom stereocenters. The number of carbonyl (C=O) groups is 1. The zero-order chi connectivity index (χ0) is 14.1. The second-order valence-corrected chi connectivity index (χ2v) is 4.17. The maximum atomic E-state index is 11.4. The van der Waals surface area contributed by atoms with E-state index in [4.69, 9.17) is 14.2 Å². The van der Waals surface area contributed by atoms with Gasteiger partial charge in [0.2, 0.25) is 0 Å². The molecule has 0 saturated carbocycles. The summed E-state index contributed by atoms with van der Waals surface area (Å²) in [7, 11) is 1.60. The van der Waals surface area contributed by atoms with E-state index in [0.717, 1.165) is 18.4 Å². The number of ether oxygens (including phenoxy) is 3. The monoisotopic (exact) mass is 266 g/mol. The zero-order valence-corrected chi connectivity index (χ0v) is 11.9. The predicted molar refractivity (Wildman–Crippen MR) is 73.7 cm³/mol. The number of benzene rings is 1. The number of hydrogen-bond acceptors (Lipinski definition) is 4. The highest BCUT2D eigenvalue weighted by Gasteiger charge is 2.09. The van der Waals surface area contributed by atoms with Crippen LogP contribution < -0.4 is 9.47 Å². The van der Waals surface area contributed by atoms with Crippen molar-refractivity contribution in [3.8, 4) is 11.5 Å². The summed E-state index contributed by atoms with van der Waals surface area (Å²) in [6, 6.07) is 5.50. The summed E-state index contributed by atoms with van der Waals surface area (Å²) in [4.78, 5) is 11.4. The van der Waals surface area contributed by atoms with Crippen LogP contribution in [0.3, 0.4) is 0 Å². The Morgan fingerprint density at radius 3 is 2.63 bits per heavy atom. The van der Waals surface area contributed by atoms with Gasteiger partial charge in [-0.3, -0.25) is 4.79 Å². The Labute approximate surface area is 114 Å². The Balaban J connectivity index is 2.73. The van der Waals surface area contributed by atoms with Crippen LogP contribution in [0.1, 0.15) is 32.3 Å². The molecular weight excluding hydrogens is 244 g/mol. The molecule has 106 valence electrons. The van der Waals surface area contributed by atoms with Gasteiger partial charge in [-0.2, -0.15) is 0 Å². The second-order valence-electron chi connectivity index (χ2n) is 4.17. The van der Waals surface area contributed by atoms with Crippen LogP contribution in [0.4, 0.5) is 0 Å². The molecule has 1 aromatic carbocycles. The third-order valence-electron chi connectivity index (χ3n) is 2.64. The smallest absolute Gasteiger partial charge is 0.310 e. The van der Waals surface area contributed by atoms with Gasteiger partial charge in [-0.15, -0.1) is 0 Å². The highest BCUT2D eigenvalue weighted by atomic mass is 16.5. The lowest BCUT2D eigenvalue weighted by Crippen LogP contribution is -2.08. The summed E-state index contributed by atoms with van der Waals surface area (Å²) in [5.74, 6) is 1.13. The van der Waals surface area contributed by atoms with E-state index in [0.29, 0.717) is 24.7 Å². The first-order valence-electron chi connectivity index (χ1n) is 6.66. The molecule has 0 saturated heterocycles. The van der Waals surface area contributed by atoms with Gasteiger partial charge in [-0.05, 0) is 31.0 Å². The van der Waals surface area contributed by atoms with Crippen LogP contribution in [-0.4, -0.2) is 26.3 Å². The minimum atomic E-state index is -0.229. The largest absolute Gasteiger partial charge is 0.493 e. The molecule has 0 spiro atoms. The first-order valence-corrected chi connectivity index (χ1v) is 6.66. The van der Waals surface area contributed by atoms with Crippen molar-refractivity contribution in [1.82, 2.24) is 0 Å². The van der Waals surface area contributed by atoms with E-state index in [2.05, 4.69) is 6.92 Å². The normalized spacial score (nSPS) is 10.1. The molecule has 0 aliphatic rings. The molecule has 0 heterocycles. The molecule has 0 amide bonds. The summed E-state index contributed by atoms with van der Waals surface area (Å²) < 4.78 is 15.8. The molecule has 4 heteroatoms. The Morgan fingerprint density at radius 1 is 1.21 bits per heavy atom. The zero-order valence-electron chi connectivity index (χ0n) is 11.9. The third kappa shape index (κ3) is 5.20. The van der Waals surface area contributed by atoms with Crippen molar-refractivity contribution in [3.05, 3.63) is 23.8 Å². The Kier molecular flexibility index (Phi) is 6.79. The van der Waals surface area contributed by atoms with Gasteiger partial charge in [0.1, 0.15) is 0 Å². The van der Waals surface area contributed by atoms with Crippen LogP contribution in [0, 0.1) is 0 Å². The number of methoxy groups -OCH3 is 1. The molecule has 1 rings (SSSR count). The predicted octanol–water partition coefficient (Wildman–Crippen LogP) is 2.98. The van der Waals surface area contributed by atoms with Gasteiger partial charge in [-0.25, -0.2) is 0 Å². The van der Waals surface area contributed by atoms with E-state index in [1.54, 1.807) is 14.0 Å². The quantitative estimate of drug-likeness (QED) is 0.536. The minimum absolute atomic E-state index is 0.229. The van der Waals surface area contributed by atoms with E-state index in [1.807, 2.05) is 18.2 Å². The van der Waals surface area contributed by atoms with Crippen LogP contribution >= 0.6 is 0 Å². The highest BCUT2D eigenvalue weighted by Crippen LogP contribution is 2.28. The second kappa shape index (κ2) is 8.40. The fourth-order valence-corrected chi connectivity index (χ4v) is 1.65. The van der Waals surface area contributed by atoms with Gasteiger partial charge in [0.05, 0.1) is 26.7 Å². The molecule has 0 aliphatic carbocycles. The maximum Gasteiger partial charge on any atom is 0.310 e. The number of rotatable bonds is 8. The Morgan fingerprint density at radius 2 is 2.00 bits per heavy atom. The summed E-state index contributed by atoms with van der Waals surface area (Å²) >= 11 is 0. The standard InChI is InChI=1S/C15H22O4/c1-4-6-9-19-14-10-12(7-8-13(14)17-3)11-15(16)18-5-2/h7-8,10H,4-6,9,11H2,1-3H3. The number of carbonyl (C=O) groups excluding carboxylic acids is 1. The van der Waals surface area contributed by atoms with Gasteiger partial charge in [0.25, 0.3) is 0 Å². The van der Waals surface area contributed by atoms with Gasteiger partial charge < -0.3 is 14.2 Å². The van der Waals surface area contributed by atoms with Crippen molar-refractivity contribution >= 4 is 5.97 Å². The van der Waals surface area contributed by atoms with Crippen molar-refractivity contribution in [2.75, 3.05) is 20.3 Å². The summed E-state index contributed by atoms with van der Waals surface area (Å²) in [5.41, 5.74) is 0.866. The first kappa shape index (κ1) is 15.3. The summed E-state index contributed by atoms with van der Waals surface area (Å²) in [6.07, 6.45) is 2.32. The SMILES string of the molecule is CCCCOc1cc(CC(=O)OCC)ccc1OC. The molecule has 0 aliphatic heterocycles. The van der Waals surface area contributed by atoms with Gasteiger partial charge >= 0.3 is 5.97 Å². The van der Waals surface area contributed by atoms with Crippen molar-refractivity contribution in [2.24, 2.45) is 0 Å². The summed E-state index contributed by atoms with van der Waals surface area (Å²) in [5, 5.41) is 0. The lowest BCUT2D eigenvalue weighted by molar-refractivity contribution is -0.142. The van der Waals surface area contributed by atoms with Crippen molar-refractivity contribution in [1.29, 1.82) is 0 Å². The number of unbranched alkanes of at least 4 members (excludes halogenated alkanes) is 1. The highest BCUT2D eigenvalue weighted by molar-refractivity contribution is 5.72. The fourth-order valence-electron chi connectivity index (χ4n) is 1.65. The van der Waals surface area contributed by atoms with Crippen LogP contribution in [-0.2, 0) is 16.0 Å². The van der Waals surface area contributed by atoms with Crippen LogP contribution in [0.25, 0.3) is 0 Å². The van der Waals surface area contributed by atoms with Crippen molar-refractivity contribution < 1.29 is 19.0 Å². The van der Waals surface area contributed by atoms with E-state index in [-0.39, 0.29) is 12.4 Å². The van der Waals surface area contributed by atoms with Crippen molar-refractivity contribution in [3.63, 3.8) is 0 Å². The topological polar surface area (TPSA) is 44.8 Å². The Hall–Kier alpha value is -1.71. The molecule has 0 atom stereocenters. The molecule has 0 bridgehead atoms. The number of hydrogen-bond donors (Lipinski definition) is 0. The van der Waals surface area contributed by atoms with Crippen LogP contribution in [0.15, 0.2) is 18.2 Å². The molecule has 1 aromatic rings. The van der Waals surface area contributed by atoms with E-state index in [9.17, 15) is 4.79 Å². The fraction of sp³-hybridized carbons (Fsp3) is 0.533. The first-order chi connectivity index (χ1) is 9.21. The maximum absolute atomic E-state index is 11.4. The molecule has 19 heavy (non-hydrogen) atoms. The van der Waals surface area contributed by atoms with E-state index < -0.39 is 0 Å². The molecule has 0 N–H and O–H groups in total. The van der Waals surface area contributed by atoms with Gasteiger partial charge in [0.15, 0.2) is 11.5 Å². The van der Waals surface area contributed by atoms with Gasteiger partial charge in [-0.1, -0.05) is 19.4 Å². The average molecular weight is 266 g/mol. The summed E-state index contributed by atoms with van der Waals surface area (Å²) in [6.45, 7) is 4.95. The molecular formula is C15H22O4. The van der Waals surface area contributed by atoms with E-state index in [1.165, 1.54) is 0 Å². The molecule has 0 aromatic heterocycles. The number of esters is 1. The van der Waals surface area contributed by atoms with Crippen LogP contribution in [0.5, 0.6) is 11.5 Å². The lowest BCUT2D eigenvalue weighted by atomic mass is 10.1. The average Bonchev–Trinajstić information content (AvgIpc) is 2.39. The van der Waals surface area contributed by atoms with E-state index >= 15 is 0 Å². The Bertz CT molecular complexity index is 401. The minimum Gasteiger partial charge on any atom is -0.493 e. The van der Waals surface area contributed by atoms with Crippen LogP contribution in [0.2, 0.25) is 0 Å². The van der Waals surface area contributed by atoms with Crippen molar-refractivity contribution in [2.45, 2.75) is 33.1 Å². The molecule has 0 radical (unpaired) electrons. The van der Waals surface area contributed by atoms with Gasteiger partial charge in [0, 0.05) is 0 Å². The third-order valence-corrected chi connectivity index (χ3v) is 2.64.